The fourth-order valence-corrected chi connectivity index (χ4v) is 5.11. The van der Waals surface area contributed by atoms with E-state index in [1.807, 2.05) is 56.3 Å². The topological polar surface area (TPSA) is 79.8 Å². The first-order valence-electron chi connectivity index (χ1n) is 11.3. The number of amides is 1. The minimum atomic E-state index is -4.61. The average Bonchev–Trinajstić information content (AvgIpc) is 3.21. The third-order valence-electron chi connectivity index (χ3n) is 5.80. The molecule has 0 saturated heterocycles. The fraction of sp³-hybridized carbons (Fsp3) is 0.148. The molecule has 1 amide bonds. The van der Waals surface area contributed by atoms with E-state index >= 15 is 0 Å². The lowest BCUT2D eigenvalue weighted by Gasteiger charge is -2.15. The van der Waals surface area contributed by atoms with Gasteiger partial charge in [-0.2, -0.15) is 13.2 Å². The van der Waals surface area contributed by atoms with Gasteiger partial charge in [-0.15, -0.1) is 0 Å². The third kappa shape index (κ3) is 4.84. The highest BCUT2D eigenvalue weighted by molar-refractivity contribution is 7.99. The molecule has 0 fully saturated rings. The lowest BCUT2D eigenvalue weighted by atomic mass is 10.1. The second kappa shape index (κ2) is 9.44. The number of thioether (sulfide) groups is 1. The molecule has 0 spiro atoms. The third-order valence-corrected chi connectivity index (χ3v) is 6.74. The number of hydrogen-bond acceptors (Lipinski definition) is 4. The summed E-state index contributed by atoms with van der Waals surface area (Å²) in [4.78, 5) is 34.3. The van der Waals surface area contributed by atoms with Crippen LogP contribution in [0.5, 0.6) is 0 Å². The van der Waals surface area contributed by atoms with Crippen LogP contribution in [-0.4, -0.2) is 26.2 Å². The van der Waals surface area contributed by atoms with Crippen LogP contribution >= 0.6 is 11.8 Å². The average molecular weight is 523 g/mol. The molecule has 0 aliphatic rings. The largest absolute Gasteiger partial charge is 0.418 e. The van der Waals surface area contributed by atoms with Crippen LogP contribution in [0.4, 0.5) is 18.9 Å². The van der Waals surface area contributed by atoms with Gasteiger partial charge in [0.1, 0.15) is 11.0 Å². The molecule has 2 heterocycles. The number of fused-ring (bicyclic) bond motifs is 3. The van der Waals surface area contributed by atoms with E-state index in [1.165, 1.54) is 22.8 Å². The number of nitrogens with zero attached hydrogens (tertiary/aromatic N) is 2. The number of aromatic nitrogens is 3. The van der Waals surface area contributed by atoms with Crippen molar-refractivity contribution in [1.29, 1.82) is 0 Å². The molecule has 0 aliphatic heterocycles. The summed E-state index contributed by atoms with van der Waals surface area (Å²) in [6, 6.07) is 17.8. The summed E-state index contributed by atoms with van der Waals surface area (Å²) in [5, 5.41) is 3.35. The molecule has 5 aromatic rings. The molecule has 10 heteroatoms. The van der Waals surface area contributed by atoms with Gasteiger partial charge in [-0.3, -0.25) is 14.2 Å². The van der Waals surface area contributed by atoms with Crippen molar-refractivity contribution >= 4 is 45.3 Å². The quantitative estimate of drug-likeness (QED) is 0.212. The van der Waals surface area contributed by atoms with Gasteiger partial charge < -0.3 is 10.3 Å². The molecule has 188 valence electrons. The van der Waals surface area contributed by atoms with Gasteiger partial charge in [-0.05, 0) is 55.3 Å². The second-order valence-electron chi connectivity index (χ2n) is 8.66. The van der Waals surface area contributed by atoms with Crippen molar-refractivity contribution in [3.8, 4) is 5.69 Å². The number of aryl methyl sites for hydroxylation is 2. The number of halogens is 3. The van der Waals surface area contributed by atoms with E-state index in [0.717, 1.165) is 39.9 Å². The fourth-order valence-electron chi connectivity index (χ4n) is 4.30. The number of nitrogens with one attached hydrogen (secondary N) is 2. The molecular formula is C27H21F3N4O2S. The van der Waals surface area contributed by atoms with Gasteiger partial charge in [0, 0.05) is 10.9 Å². The van der Waals surface area contributed by atoms with E-state index in [2.05, 4.69) is 10.3 Å². The van der Waals surface area contributed by atoms with Gasteiger partial charge in [-0.25, -0.2) is 4.98 Å². The molecule has 0 aliphatic carbocycles. The summed E-state index contributed by atoms with van der Waals surface area (Å²) in [6.45, 7) is 3.82. The number of carbonyl (C=O) groups excluding carboxylic acids is 1. The molecule has 0 saturated carbocycles. The first kappa shape index (κ1) is 24.6. The van der Waals surface area contributed by atoms with Gasteiger partial charge in [-0.1, -0.05) is 48.2 Å². The number of carbonyl (C=O) groups is 1. The Morgan fingerprint density at radius 2 is 1.70 bits per heavy atom. The predicted molar refractivity (Wildman–Crippen MR) is 139 cm³/mol. The van der Waals surface area contributed by atoms with Crippen LogP contribution in [0.15, 0.2) is 76.7 Å². The second-order valence-corrected chi connectivity index (χ2v) is 9.60. The van der Waals surface area contributed by atoms with Gasteiger partial charge >= 0.3 is 6.18 Å². The molecule has 0 bridgehead atoms. The van der Waals surface area contributed by atoms with Crippen molar-refractivity contribution in [1.82, 2.24) is 14.5 Å². The molecule has 5 rings (SSSR count). The van der Waals surface area contributed by atoms with Crippen LogP contribution in [0.3, 0.4) is 0 Å². The maximum absolute atomic E-state index is 13.7. The highest BCUT2D eigenvalue weighted by Gasteiger charge is 2.33. The summed E-state index contributed by atoms with van der Waals surface area (Å²) in [6.07, 6.45) is -4.61. The summed E-state index contributed by atoms with van der Waals surface area (Å²) >= 11 is 0.980. The van der Waals surface area contributed by atoms with Gasteiger partial charge in [0.25, 0.3) is 5.56 Å². The van der Waals surface area contributed by atoms with E-state index in [4.69, 9.17) is 4.98 Å². The normalized spacial score (nSPS) is 11.8. The first-order valence-corrected chi connectivity index (χ1v) is 12.3. The Morgan fingerprint density at radius 1 is 1.03 bits per heavy atom. The number of para-hydroxylation sites is 2. The van der Waals surface area contributed by atoms with Crippen LogP contribution < -0.4 is 10.9 Å². The Bertz CT molecular complexity index is 1700. The summed E-state index contributed by atoms with van der Waals surface area (Å²) in [5.74, 6) is -0.904. The maximum Gasteiger partial charge on any atom is 0.418 e. The number of H-pyrrole nitrogens is 1. The van der Waals surface area contributed by atoms with Gasteiger partial charge in [0.15, 0.2) is 5.16 Å². The molecule has 0 atom stereocenters. The van der Waals surface area contributed by atoms with Crippen molar-refractivity contribution in [3.05, 3.63) is 93.8 Å². The Labute approximate surface area is 213 Å². The van der Waals surface area contributed by atoms with E-state index in [1.54, 1.807) is 0 Å². The maximum atomic E-state index is 13.7. The Balaban J connectivity index is 1.56. The van der Waals surface area contributed by atoms with E-state index < -0.39 is 17.6 Å². The molecular weight excluding hydrogens is 501 g/mol. The van der Waals surface area contributed by atoms with Gasteiger partial charge in [0.05, 0.1) is 22.7 Å². The molecule has 0 radical (unpaired) electrons. The zero-order chi connectivity index (χ0) is 26.3. The molecule has 2 N–H and O–H groups in total. The van der Waals surface area contributed by atoms with E-state index in [-0.39, 0.29) is 22.2 Å². The van der Waals surface area contributed by atoms with Crippen molar-refractivity contribution in [2.45, 2.75) is 25.2 Å². The van der Waals surface area contributed by atoms with Crippen molar-refractivity contribution < 1.29 is 18.0 Å². The van der Waals surface area contributed by atoms with E-state index in [9.17, 15) is 22.8 Å². The molecule has 6 nitrogen and oxygen atoms in total. The highest BCUT2D eigenvalue weighted by atomic mass is 32.2. The molecule has 0 unspecified atom stereocenters. The lowest BCUT2D eigenvalue weighted by molar-refractivity contribution is -0.137. The van der Waals surface area contributed by atoms with Crippen molar-refractivity contribution in [2.24, 2.45) is 0 Å². The zero-order valence-corrected chi connectivity index (χ0v) is 20.6. The zero-order valence-electron chi connectivity index (χ0n) is 19.8. The standard InChI is InChI=1S/C27H21F3N4O2S/c1-15-11-16(2)13-17(12-15)34-25(36)24-23(18-7-3-5-9-20(18)32-24)33-26(34)37-14-22(35)31-21-10-6-4-8-19(21)27(28,29)30/h3-13,32H,14H2,1-2H3,(H,31,35). The number of anilines is 1. The van der Waals surface area contributed by atoms with Crippen LogP contribution in [0, 0.1) is 13.8 Å². The van der Waals surface area contributed by atoms with Crippen molar-refractivity contribution in [2.75, 3.05) is 11.1 Å². The predicted octanol–water partition coefficient (Wildman–Crippen LogP) is 6.23. The summed E-state index contributed by atoms with van der Waals surface area (Å²) < 4.78 is 41.4. The monoisotopic (exact) mass is 522 g/mol. The Morgan fingerprint density at radius 3 is 2.43 bits per heavy atom. The van der Waals surface area contributed by atoms with Crippen LogP contribution in [-0.2, 0) is 11.0 Å². The Kier molecular flexibility index (Phi) is 6.28. The number of hydrogen-bond donors (Lipinski definition) is 2. The SMILES string of the molecule is Cc1cc(C)cc(-n2c(SCC(=O)Nc3ccccc3C(F)(F)F)nc3c([nH]c4ccccc43)c2=O)c1. The molecule has 2 aromatic heterocycles. The molecule has 3 aromatic carbocycles. The minimum absolute atomic E-state index is 0.253. The number of aromatic amines is 1. The first-order chi connectivity index (χ1) is 17.6. The number of alkyl halides is 3. The van der Waals surface area contributed by atoms with E-state index in [0.29, 0.717) is 16.7 Å². The van der Waals surface area contributed by atoms with Crippen molar-refractivity contribution in [3.63, 3.8) is 0 Å². The lowest BCUT2D eigenvalue weighted by Crippen LogP contribution is -2.23. The van der Waals surface area contributed by atoms with Crippen LogP contribution in [0.1, 0.15) is 16.7 Å². The molecule has 37 heavy (non-hydrogen) atoms. The van der Waals surface area contributed by atoms with Gasteiger partial charge in [0.2, 0.25) is 5.91 Å². The van der Waals surface area contributed by atoms with Crippen LogP contribution in [0.2, 0.25) is 0 Å². The summed E-state index contributed by atoms with van der Waals surface area (Å²) in [5.41, 5.74) is 2.41. The smallest absolute Gasteiger partial charge is 0.349 e. The minimum Gasteiger partial charge on any atom is -0.349 e. The Hall–Kier alpha value is -4.05. The van der Waals surface area contributed by atoms with Crippen LogP contribution in [0.25, 0.3) is 27.6 Å². The number of benzene rings is 3. The number of rotatable bonds is 5. The highest BCUT2D eigenvalue weighted by Crippen LogP contribution is 2.35. The summed E-state index contributed by atoms with van der Waals surface area (Å²) in [7, 11) is 0.